The van der Waals surface area contributed by atoms with Crippen molar-refractivity contribution in [3.05, 3.63) is 0 Å². The lowest BCUT2D eigenvalue weighted by atomic mass is 10.0. The maximum atomic E-state index is 13.1. The molecule has 17 nitrogen and oxygen atoms in total. The Morgan fingerprint density at radius 2 is 0.495 bits per heavy atom. The summed E-state index contributed by atoms with van der Waals surface area (Å²) in [5, 5.41) is 10.6. The SMILES string of the molecule is CCCCCCCCCCCCCCCCCCCCCCC(=O)O[C@H](COC(=O)CCCCCCCCCCCCCCC(C)C)COP(=O)(O)OC[C@@H](O)COP(=O)(O)OC[C@@H](COC(=O)CCCCCCCCCC)OC(=O)CCCCCCCCCCCC. The Balaban J connectivity index is 5.18. The van der Waals surface area contributed by atoms with E-state index in [0.29, 0.717) is 25.7 Å². The van der Waals surface area contributed by atoms with Gasteiger partial charge in [0.1, 0.15) is 19.3 Å². The Labute approximate surface area is 568 Å². The van der Waals surface area contributed by atoms with Crippen molar-refractivity contribution in [2.24, 2.45) is 5.92 Å². The molecule has 5 atom stereocenters. The van der Waals surface area contributed by atoms with Crippen molar-refractivity contribution in [2.75, 3.05) is 39.6 Å². The van der Waals surface area contributed by atoms with Crippen molar-refractivity contribution in [2.45, 2.75) is 406 Å². The number of phosphoric ester groups is 2. The van der Waals surface area contributed by atoms with Gasteiger partial charge in [0.25, 0.3) is 0 Å². The second-order valence-electron chi connectivity index (χ2n) is 27.2. The molecule has 0 bridgehead atoms. The highest BCUT2D eigenvalue weighted by molar-refractivity contribution is 7.47. The Morgan fingerprint density at radius 3 is 0.731 bits per heavy atom. The number of aliphatic hydroxyl groups is 1. The summed E-state index contributed by atoms with van der Waals surface area (Å²) >= 11 is 0. The van der Waals surface area contributed by atoms with Gasteiger partial charge in [0.2, 0.25) is 0 Å². The summed E-state index contributed by atoms with van der Waals surface area (Å²) in [7, 11) is -9.90. The molecule has 0 fully saturated rings. The Morgan fingerprint density at radius 1 is 0.290 bits per heavy atom. The number of carbonyl (C=O) groups is 4. The maximum Gasteiger partial charge on any atom is 0.472 e. The van der Waals surface area contributed by atoms with Crippen LogP contribution in [-0.2, 0) is 65.4 Å². The first kappa shape index (κ1) is 91.1. The molecule has 0 aliphatic heterocycles. The normalized spacial score (nSPS) is 14.0. The van der Waals surface area contributed by atoms with Gasteiger partial charge in [0.05, 0.1) is 26.4 Å². The first-order valence-corrected chi connectivity index (χ1v) is 41.6. The van der Waals surface area contributed by atoms with Gasteiger partial charge in [-0.15, -0.1) is 0 Å². The molecular weight excluding hydrogens is 1220 g/mol. The van der Waals surface area contributed by atoms with Crippen molar-refractivity contribution in [3.63, 3.8) is 0 Å². The third kappa shape index (κ3) is 68.4. The van der Waals surface area contributed by atoms with E-state index in [4.69, 9.17) is 37.0 Å². The first-order valence-electron chi connectivity index (χ1n) is 38.6. The smallest absolute Gasteiger partial charge is 0.462 e. The molecule has 93 heavy (non-hydrogen) atoms. The van der Waals surface area contributed by atoms with Crippen LogP contribution >= 0.6 is 15.6 Å². The van der Waals surface area contributed by atoms with E-state index >= 15 is 0 Å². The zero-order valence-corrected chi connectivity index (χ0v) is 62.2. The number of hydrogen-bond donors (Lipinski definition) is 3. The van der Waals surface area contributed by atoms with E-state index < -0.39 is 97.5 Å². The van der Waals surface area contributed by atoms with Crippen LogP contribution < -0.4 is 0 Å². The zero-order valence-electron chi connectivity index (χ0n) is 60.4. The fraction of sp³-hybridized carbons (Fsp3) is 0.946. The quantitative estimate of drug-likeness (QED) is 0.0222. The minimum Gasteiger partial charge on any atom is -0.462 e. The van der Waals surface area contributed by atoms with E-state index in [1.54, 1.807) is 0 Å². The molecule has 0 aromatic rings. The molecule has 0 aliphatic rings. The van der Waals surface area contributed by atoms with Gasteiger partial charge >= 0.3 is 39.5 Å². The molecule has 0 aliphatic carbocycles. The number of carbonyl (C=O) groups excluding carboxylic acids is 4. The van der Waals surface area contributed by atoms with Crippen LogP contribution in [0.3, 0.4) is 0 Å². The standard InChI is InChI=1S/C74H144O17P2/c1-6-9-12-15-18-21-23-24-25-26-27-28-29-30-31-36-40-45-50-55-60-74(79)91-70(64-85-72(77)58-53-48-43-39-35-33-32-34-37-41-46-51-56-67(4)5)66-89-93(82,83)87-62-68(75)61-86-92(80,81)88-65-69(63-84-71(76)57-52-47-42-20-17-14-11-8-3)90-73(78)59-54-49-44-38-22-19-16-13-10-7-2/h67-70,75H,6-66H2,1-5H3,(H,80,81)(H,82,83)/t68-,69+,70+/m0/s1. The first-order chi connectivity index (χ1) is 45.0. The Bertz CT molecular complexity index is 1790. The van der Waals surface area contributed by atoms with Crippen LogP contribution in [0.2, 0.25) is 0 Å². The lowest BCUT2D eigenvalue weighted by Gasteiger charge is -2.21. The van der Waals surface area contributed by atoms with Crippen LogP contribution in [0, 0.1) is 5.92 Å². The molecule has 0 radical (unpaired) electrons. The summed E-state index contributed by atoms with van der Waals surface area (Å²) in [5.41, 5.74) is 0. The molecule has 0 saturated heterocycles. The molecule has 2 unspecified atom stereocenters. The van der Waals surface area contributed by atoms with Crippen LogP contribution in [-0.4, -0.2) is 96.7 Å². The third-order valence-corrected chi connectivity index (χ3v) is 19.2. The predicted octanol–water partition coefficient (Wildman–Crippen LogP) is 21.7. The fourth-order valence-electron chi connectivity index (χ4n) is 11.4. The van der Waals surface area contributed by atoms with E-state index in [-0.39, 0.29) is 25.7 Å². The fourth-order valence-corrected chi connectivity index (χ4v) is 12.9. The van der Waals surface area contributed by atoms with Gasteiger partial charge in [-0.3, -0.25) is 37.3 Å². The minimum absolute atomic E-state index is 0.107. The van der Waals surface area contributed by atoms with E-state index in [2.05, 4.69) is 34.6 Å². The largest absolute Gasteiger partial charge is 0.472 e. The van der Waals surface area contributed by atoms with Crippen LogP contribution in [0.25, 0.3) is 0 Å². The second kappa shape index (κ2) is 67.3. The Hall–Kier alpha value is -1.94. The van der Waals surface area contributed by atoms with Crippen LogP contribution in [0.15, 0.2) is 0 Å². The number of unbranched alkanes of at least 4 members (excludes halogenated alkanes) is 46. The van der Waals surface area contributed by atoms with E-state index in [1.165, 1.54) is 205 Å². The minimum atomic E-state index is -4.95. The van der Waals surface area contributed by atoms with Gasteiger partial charge in [-0.25, -0.2) is 9.13 Å². The number of rotatable bonds is 74. The van der Waals surface area contributed by atoms with Gasteiger partial charge in [-0.2, -0.15) is 0 Å². The zero-order chi connectivity index (χ0) is 68.4. The van der Waals surface area contributed by atoms with Gasteiger partial charge in [-0.1, -0.05) is 336 Å². The third-order valence-electron chi connectivity index (χ3n) is 17.3. The number of esters is 4. The van der Waals surface area contributed by atoms with Gasteiger partial charge in [0.15, 0.2) is 12.2 Å². The van der Waals surface area contributed by atoms with Crippen LogP contribution in [0.5, 0.6) is 0 Å². The molecule has 19 heteroatoms. The summed E-state index contributed by atoms with van der Waals surface area (Å²) in [6, 6.07) is 0. The summed E-state index contributed by atoms with van der Waals surface area (Å²) in [4.78, 5) is 72.6. The highest BCUT2D eigenvalue weighted by Gasteiger charge is 2.30. The molecule has 0 aromatic heterocycles. The molecule has 0 rings (SSSR count). The van der Waals surface area contributed by atoms with Crippen molar-refractivity contribution in [3.8, 4) is 0 Å². The number of aliphatic hydroxyl groups excluding tert-OH is 1. The van der Waals surface area contributed by atoms with Crippen LogP contribution in [0.4, 0.5) is 0 Å². The number of phosphoric acid groups is 2. The van der Waals surface area contributed by atoms with Crippen molar-refractivity contribution >= 4 is 39.5 Å². The second-order valence-corrected chi connectivity index (χ2v) is 30.1. The maximum absolute atomic E-state index is 13.1. The molecule has 0 amide bonds. The Kier molecular flexibility index (Phi) is 65.9. The predicted molar refractivity (Wildman–Crippen MR) is 377 cm³/mol. The molecule has 552 valence electrons. The van der Waals surface area contributed by atoms with E-state index in [0.717, 1.165) is 102 Å². The van der Waals surface area contributed by atoms with Crippen LogP contribution in [0.1, 0.15) is 388 Å². The molecule has 0 spiro atoms. The summed E-state index contributed by atoms with van der Waals surface area (Å²) in [6.45, 7) is 7.25. The monoisotopic (exact) mass is 1370 g/mol. The van der Waals surface area contributed by atoms with Crippen molar-refractivity contribution < 1.29 is 80.2 Å². The van der Waals surface area contributed by atoms with Gasteiger partial charge < -0.3 is 33.8 Å². The highest BCUT2D eigenvalue weighted by Crippen LogP contribution is 2.45. The average molecular weight is 1370 g/mol. The van der Waals surface area contributed by atoms with Crippen molar-refractivity contribution in [1.82, 2.24) is 0 Å². The van der Waals surface area contributed by atoms with Gasteiger partial charge in [0, 0.05) is 25.7 Å². The molecular formula is C74H144O17P2. The molecule has 0 saturated carbocycles. The summed E-state index contributed by atoms with van der Waals surface area (Å²) in [5.74, 6) is -1.34. The summed E-state index contributed by atoms with van der Waals surface area (Å²) < 4.78 is 68.3. The average Bonchev–Trinajstić information content (AvgIpc) is 3.17. The van der Waals surface area contributed by atoms with Crippen molar-refractivity contribution in [1.29, 1.82) is 0 Å². The molecule has 0 heterocycles. The number of hydrogen-bond acceptors (Lipinski definition) is 15. The molecule has 3 N–H and O–H groups in total. The lowest BCUT2D eigenvalue weighted by molar-refractivity contribution is -0.161. The van der Waals surface area contributed by atoms with Gasteiger partial charge in [-0.05, 0) is 31.6 Å². The molecule has 0 aromatic carbocycles. The summed E-state index contributed by atoms with van der Waals surface area (Å²) in [6.07, 6.45) is 55.6. The van der Waals surface area contributed by atoms with E-state index in [9.17, 15) is 43.2 Å². The number of ether oxygens (including phenoxy) is 4. The highest BCUT2D eigenvalue weighted by atomic mass is 31.2. The topological polar surface area (TPSA) is 237 Å². The van der Waals surface area contributed by atoms with E-state index in [1.807, 2.05) is 0 Å². The lowest BCUT2D eigenvalue weighted by Crippen LogP contribution is -2.30.